The first kappa shape index (κ1) is 18.2. The summed E-state index contributed by atoms with van der Waals surface area (Å²) in [7, 11) is 0. The zero-order valence-electron chi connectivity index (χ0n) is 16.4. The lowest BCUT2D eigenvalue weighted by Crippen LogP contribution is -2.60. The van der Waals surface area contributed by atoms with Crippen molar-refractivity contribution in [1.29, 1.82) is 0 Å². The van der Waals surface area contributed by atoms with E-state index in [9.17, 15) is 14.7 Å². The van der Waals surface area contributed by atoms with Crippen LogP contribution in [0.15, 0.2) is 12.2 Å². The van der Waals surface area contributed by atoms with E-state index in [1.54, 1.807) is 0 Å². The average Bonchev–Trinajstić information content (AvgIpc) is 2.72. The van der Waals surface area contributed by atoms with Gasteiger partial charge >= 0.3 is 5.97 Å². The maximum absolute atomic E-state index is 13.2. The van der Waals surface area contributed by atoms with E-state index in [4.69, 9.17) is 4.74 Å². The molecular weight excluding hydrogens is 328 g/mol. The van der Waals surface area contributed by atoms with E-state index >= 15 is 0 Å². The Morgan fingerprint density at radius 3 is 2.58 bits per heavy atom. The average molecular weight is 360 g/mol. The van der Waals surface area contributed by atoms with Gasteiger partial charge < -0.3 is 9.84 Å². The number of ketones is 1. The number of carbonyl (C=O) groups is 2. The van der Waals surface area contributed by atoms with Crippen molar-refractivity contribution in [2.45, 2.75) is 77.7 Å². The first-order chi connectivity index (χ1) is 12.1. The van der Waals surface area contributed by atoms with Crippen LogP contribution in [-0.2, 0) is 14.3 Å². The van der Waals surface area contributed by atoms with Gasteiger partial charge in [0.05, 0.1) is 17.6 Å². The summed E-state index contributed by atoms with van der Waals surface area (Å²) in [6.45, 7) is 10.6. The first-order valence-electron chi connectivity index (χ1n) is 10.3. The lowest BCUT2D eigenvalue weighted by atomic mass is 9.40. The highest BCUT2D eigenvalue weighted by molar-refractivity contribution is 6.04. The van der Waals surface area contributed by atoms with Crippen LogP contribution >= 0.6 is 0 Å². The molecule has 0 aliphatic heterocycles. The molecule has 26 heavy (non-hydrogen) atoms. The molecule has 0 saturated heterocycles. The van der Waals surface area contributed by atoms with Crippen LogP contribution in [0.1, 0.15) is 72.1 Å². The first-order valence-corrected chi connectivity index (χ1v) is 10.3. The molecule has 4 saturated carbocycles. The van der Waals surface area contributed by atoms with Gasteiger partial charge in [-0.2, -0.15) is 0 Å². The summed E-state index contributed by atoms with van der Waals surface area (Å²) in [6.07, 6.45) is 6.57. The van der Waals surface area contributed by atoms with Gasteiger partial charge in [0.2, 0.25) is 0 Å². The van der Waals surface area contributed by atoms with E-state index in [1.807, 2.05) is 6.92 Å². The molecule has 4 nitrogen and oxygen atoms in total. The van der Waals surface area contributed by atoms with E-state index in [2.05, 4.69) is 20.4 Å². The number of Topliss-reactive ketones (excluding diaryl/α,β-unsaturated/α-hetero) is 1. The number of hydrogen-bond acceptors (Lipinski definition) is 4. The molecule has 4 heteroatoms. The Labute approximate surface area is 156 Å². The molecule has 0 aromatic rings. The standard InChI is InChI=1S/C22H32O4/c1-5-26-18(24)20(4)10-6-9-19(3)15(20)7-11-21-13-22(25,12-8-16(19)21)14(2)17(21)23/h15-16,25H,2,5-13H2,1,3-4H3/t15-,16-,19?,20+,21+,22+/m0/s1. The van der Waals surface area contributed by atoms with Crippen LogP contribution in [0.3, 0.4) is 0 Å². The number of rotatable bonds is 2. The second kappa shape index (κ2) is 5.43. The van der Waals surface area contributed by atoms with Crippen molar-refractivity contribution in [1.82, 2.24) is 0 Å². The van der Waals surface area contributed by atoms with Gasteiger partial charge in [0.1, 0.15) is 0 Å². The summed E-state index contributed by atoms with van der Waals surface area (Å²) in [5.41, 5.74) is -1.53. The van der Waals surface area contributed by atoms with Crippen molar-refractivity contribution in [2.75, 3.05) is 6.61 Å². The minimum atomic E-state index is -0.990. The SMILES string of the molecule is C=C1C(=O)[C@@]23CC[C@H]4C(C)(CCC[C@@]4(C)C(=O)OCC)[C@@H]2CC[C@@]1(O)C3. The highest BCUT2D eigenvalue weighted by atomic mass is 16.5. The molecule has 4 aliphatic carbocycles. The maximum atomic E-state index is 13.2. The Morgan fingerprint density at radius 2 is 1.88 bits per heavy atom. The summed E-state index contributed by atoms with van der Waals surface area (Å²) < 4.78 is 5.47. The quantitative estimate of drug-likeness (QED) is 0.601. The molecule has 0 aromatic heterocycles. The predicted octanol–water partition coefficient (Wildman–Crippen LogP) is 3.81. The van der Waals surface area contributed by atoms with E-state index in [0.717, 1.165) is 38.5 Å². The van der Waals surface area contributed by atoms with E-state index in [-0.39, 0.29) is 29.0 Å². The van der Waals surface area contributed by atoms with Gasteiger partial charge in [-0.25, -0.2) is 0 Å². The fourth-order valence-electron chi connectivity index (χ4n) is 7.66. The lowest BCUT2D eigenvalue weighted by Gasteiger charge is -2.63. The Bertz CT molecular complexity index is 684. The summed E-state index contributed by atoms with van der Waals surface area (Å²) in [6, 6.07) is 0. The zero-order valence-corrected chi connectivity index (χ0v) is 16.4. The summed E-state index contributed by atoms with van der Waals surface area (Å²) in [4.78, 5) is 26.1. The van der Waals surface area contributed by atoms with E-state index in [0.29, 0.717) is 25.0 Å². The van der Waals surface area contributed by atoms with Gasteiger partial charge in [-0.05, 0) is 76.0 Å². The highest BCUT2D eigenvalue weighted by Gasteiger charge is 2.71. The predicted molar refractivity (Wildman–Crippen MR) is 98.3 cm³/mol. The van der Waals surface area contributed by atoms with Crippen molar-refractivity contribution in [2.24, 2.45) is 28.1 Å². The molecule has 1 N–H and O–H groups in total. The minimum absolute atomic E-state index is 0.0559. The molecule has 0 aromatic carbocycles. The van der Waals surface area contributed by atoms with Crippen LogP contribution in [0.2, 0.25) is 0 Å². The normalized spacial score (nSPS) is 50.2. The highest BCUT2D eigenvalue weighted by Crippen LogP contribution is 2.71. The number of hydrogen-bond donors (Lipinski definition) is 1. The Morgan fingerprint density at radius 1 is 1.19 bits per heavy atom. The molecule has 0 radical (unpaired) electrons. The van der Waals surface area contributed by atoms with Crippen molar-refractivity contribution < 1.29 is 19.4 Å². The van der Waals surface area contributed by atoms with E-state index < -0.39 is 16.4 Å². The fraction of sp³-hybridized carbons (Fsp3) is 0.818. The smallest absolute Gasteiger partial charge is 0.312 e. The van der Waals surface area contributed by atoms with Gasteiger partial charge in [0.25, 0.3) is 0 Å². The summed E-state index contributed by atoms with van der Waals surface area (Å²) in [5.74, 6) is 0.507. The van der Waals surface area contributed by atoms with Crippen molar-refractivity contribution in [3.05, 3.63) is 12.2 Å². The number of carbonyl (C=O) groups excluding carboxylic acids is 2. The Hall–Kier alpha value is -1.16. The molecule has 1 spiro atoms. The third kappa shape index (κ3) is 2.00. The molecule has 144 valence electrons. The molecule has 6 atom stereocenters. The molecule has 4 rings (SSSR count). The van der Waals surface area contributed by atoms with Gasteiger partial charge in [0, 0.05) is 11.0 Å². The van der Waals surface area contributed by atoms with Gasteiger partial charge in [-0.1, -0.05) is 19.9 Å². The molecule has 2 bridgehead atoms. The summed E-state index contributed by atoms with van der Waals surface area (Å²) >= 11 is 0. The third-order valence-electron chi connectivity index (χ3n) is 8.80. The Kier molecular flexibility index (Phi) is 3.81. The van der Waals surface area contributed by atoms with Gasteiger partial charge in [0.15, 0.2) is 5.78 Å². The number of ether oxygens (including phenoxy) is 1. The number of esters is 1. The Balaban J connectivity index is 1.75. The van der Waals surface area contributed by atoms with Crippen LogP contribution in [-0.4, -0.2) is 29.1 Å². The van der Waals surface area contributed by atoms with Crippen LogP contribution in [0.4, 0.5) is 0 Å². The van der Waals surface area contributed by atoms with Crippen LogP contribution in [0.25, 0.3) is 0 Å². The lowest BCUT2D eigenvalue weighted by molar-refractivity contribution is -0.190. The van der Waals surface area contributed by atoms with Crippen LogP contribution < -0.4 is 0 Å². The third-order valence-corrected chi connectivity index (χ3v) is 8.80. The van der Waals surface area contributed by atoms with Crippen LogP contribution in [0, 0.1) is 28.1 Å². The zero-order chi connectivity index (χ0) is 19.0. The largest absolute Gasteiger partial charge is 0.466 e. The van der Waals surface area contributed by atoms with Gasteiger partial charge in [-0.15, -0.1) is 0 Å². The topological polar surface area (TPSA) is 63.6 Å². The molecule has 4 fully saturated rings. The second-order valence-electron chi connectivity index (χ2n) is 9.85. The van der Waals surface area contributed by atoms with Crippen molar-refractivity contribution in [3.63, 3.8) is 0 Å². The molecule has 0 heterocycles. The maximum Gasteiger partial charge on any atom is 0.312 e. The van der Waals surface area contributed by atoms with Crippen LogP contribution in [0.5, 0.6) is 0 Å². The molecule has 0 amide bonds. The molecule has 4 aliphatic rings. The van der Waals surface area contributed by atoms with E-state index in [1.165, 1.54) is 0 Å². The molecule has 1 unspecified atom stereocenters. The van der Waals surface area contributed by atoms with Crippen molar-refractivity contribution in [3.8, 4) is 0 Å². The molecular formula is C22H32O4. The number of fused-ring (bicyclic) bond motifs is 3. The minimum Gasteiger partial charge on any atom is -0.466 e. The van der Waals surface area contributed by atoms with Gasteiger partial charge in [-0.3, -0.25) is 9.59 Å². The monoisotopic (exact) mass is 360 g/mol. The second-order valence-corrected chi connectivity index (χ2v) is 9.85. The number of aliphatic hydroxyl groups is 1. The van der Waals surface area contributed by atoms with Crippen molar-refractivity contribution >= 4 is 11.8 Å². The fourth-order valence-corrected chi connectivity index (χ4v) is 7.66. The summed E-state index contributed by atoms with van der Waals surface area (Å²) in [5, 5.41) is 10.9.